The van der Waals surface area contributed by atoms with Gasteiger partial charge in [0.2, 0.25) is 0 Å². The van der Waals surface area contributed by atoms with Crippen LogP contribution in [0, 0.1) is 11.8 Å². The summed E-state index contributed by atoms with van der Waals surface area (Å²) in [5.74, 6) is -2.90. The van der Waals surface area contributed by atoms with E-state index in [0.29, 0.717) is 36.8 Å². The lowest BCUT2D eigenvalue weighted by Crippen LogP contribution is -2.35. The van der Waals surface area contributed by atoms with Crippen molar-refractivity contribution in [3.05, 3.63) is 24.3 Å². The molecular formula is C22H32O8. The molecule has 0 aromatic rings. The van der Waals surface area contributed by atoms with Gasteiger partial charge in [-0.15, -0.1) is 0 Å². The van der Waals surface area contributed by atoms with Crippen molar-refractivity contribution in [3.8, 4) is 0 Å². The number of esters is 4. The van der Waals surface area contributed by atoms with Crippen LogP contribution in [0.4, 0.5) is 0 Å². The molecule has 0 aliphatic heterocycles. The van der Waals surface area contributed by atoms with Gasteiger partial charge in [0, 0.05) is 24.0 Å². The molecule has 0 aromatic heterocycles. The molecule has 0 heterocycles. The van der Waals surface area contributed by atoms with Crippen LogP contribution in [0.5, 0.6) is 0 Å². The van der Waals surface area contributed by atoms with Crippen molar-refractivity contribution in [3.63, 3.8) is 0 Å². The first kappa shape index (κ1) is 25.4. The lowest BCUT2D eigenvalue weighted by atomic mass is 9.79. The van der Waals surface area contributed by atoms with E-state index in [1.165, 1.54) is 0 Å². The molecule has 8 heteroatoms. The number of hydrogen-bond acceptors (Lipinski definition) is 8. The van der Waals surface area contributed by atoms with E-state index in [0.717, 1.165) is 12.8 Å². The minimum absolute atomic E-state index is 0.106. The van der Waals surface area contributed by atoms with E-state index in [1.807, 2.05) is 0 Å². The SMILES string of the molecule is C=C(C)C(=O)OCCCOC(=O)C1CCCCC1C(=O)OCCCOC(=O)C(=C)C. The van der Waals surface area contributed by atoms with Gasteiger partial charge in [0.05, 0.1) is 38.3 Å². The van der Waals surface area contributed by atoms with Gasteiger partial charge in [-0.05, 0) is 26.7 Å². The van der Waals surface area contributed by atoms with Gasteiger partial charge in [-0.1, -0.05) is 26.0 Å². The van der Waals surface area contributed by atoms with Crippen LogP contribution >= 0.6 is 0 Å². The van der Waals surface area contributed by atoms with Gasteiger partial charge in [-0.2, -0.15) is 0 Å². The van der Waals surface area contributed by atoms with E-state index in [4.69, 9.17) is 18.9 Å². The predicted molar refractivity (Wildman–Crippen MR) is 108 cm³/mol. The largest absolute Gasteiger partial charge is 0.465 e. The van der Waals surface area contributed by atoms with Crippen molar-refractivity contribution in [1.82, 2.24) is 0 Å². The second-order valence-corrected chi connectivity index (χ2v) is 7.37. The van der Waals surface area contributed by atoms with Crippen molar-refractivity contribution in [1.29, 1.82) is 0 Å². The molecule has 0 aromatic carbocycles. The van der Waals surface area contributed by atoms with Crippen LogP contribution in [-0.4, -0.2) is 50.3 Å². The van der Waals surface area contributed by atoms with Crippen molar-refractivity contribution < 1.29 is 38.1 Å². The molecular weight excluding hydrogens is 392 g/mol. The summed E-state index contributed by atoms with van der Waals surface area (Å²) in [5, 5.41) is 0. The first-order valence-electron chi connectivity index (χ1n) is 10.2. The third kappa shape index (κ3) is 9.24. The summed E-state index contributed by atoms with van der Waals surface area (Å²) in [6, 6.07) is 0. The summed E-state index contributed by atoms with van der Waals surface area (Å²) in [7, 11) is 0. The number of carbonyl (C=O) groups is 4. The number of hydrogen-bond donors (Lipinski definition) is 0. The van der Waals surface area contributed by atoms with Gasteiger partial charge >= 0.3 is 23.9 Å². The minimum Gasteiger partial charge on any atom is -0.465 e. The molecule has 0 saturated heterocycles. The van der Waals surface area contributed by atoms with E-state index in [-0.39, 0.29) is 26.4 Å². The monoisotopic (exact) mass is 424 g/mol. The smallest absolute Gasteiger partial charge is 0.333 e. The zero-order valence-electron chi connectivity index (χ0n) is 17.9. The third-order valence-electron chi connectivity index (χ3n) is 4.60. The summed E-state index contributed by atoms with van der Waals surface area (Å²) in [4.78, 5) is 47.4. The predicted octanol–water partition coefficient (Wildman–Crippen LogP) is 2.90. The molecule has 2 atom stereocenters. The Hall–Kier alpha value is -2.64. The van der Waals surface area contributed by atoms with Crippen molar-refractivity contribution in [2.45, 2.75) is 52.4 Å². The maximum absolute atomic E-state index is 12.4. The second kappa shape index (κ2) is 13.6. The maximum atomic E-state index is 12.4. The van der Waals surface area contributed by atoms with Crippen LogP contribution < -0.4 is 0 Å². The Morgan fingerprint density at radius 1 is 0.667 bits per heavy atom. The number of rotatable bonds is 12. The summed E-state index contributed by atoms with van der Waals surface area (Å²) >= 11 is 0. The molecule has 0 bridgehead atoms. The van der Waals surface area contributed by atoms with Gasteiger partial charge in [0.25, 0.3) is 0 Å². The van der Waals surface area contributed by atoms with Crippen LogP contribution in [0.25, 0.3) is 0 Å². The first-order valence-corrected chi connectivity index (χ1v) is 10.2. The fourth-order valence-corrected chi connectivity index (χ4v) is 2.95. The lowest BCUT2D eigenvalue weighted by Gasteiger charge is -2.28. The Morgan fingerprint density at radius 3 is 1.33 bits per heavy atom. The summed E-state index contributed by atoms with van der Waals surface area (Å²) in [6.45, 7) is 10.6. The fraction of sp³-hybridized carbons (Fsp3) is 0.636. The molecule has 0 N–H and O–H groups in total. The van der Waals surface area contributed by atoms with Crippen molar-refractivity contribution in [2.75, 3.05) is 26.4 Å². The molecule has 1 rings (SSSR count). The van der Waals surface area contributed by atoms with Crippen LogP contribution in [0.15, 0.2) is 24.3 Å². The molecule has 0 spiro atoms. The highest BCUT2D eigenvalue weighted by Crippen LogP contribution is 2.32. The number of ether oxygens (including phenoxy) is 4. The van der Waals surface area contributed by atoms with Gasteiger partial charge in [0.15, 0.2) is 0 Å². The van der Waals surface area contributed by atoms with E-state index < -0.39 is 35.7 Å². The topological polar surface area (TPSA) is 105 Å². The molecule has 30 heavy (non-hydrogen) atoms. The summed E-state index contributed by atoms with van der Waals surface area (Å²) < 4.78 is 20.4. The fourth-order valence-electron chi connectivity index (χ4n) is 2.95. The first-order chi connectivity index (χ1) is 14.2. The molecule has 0 amide bonds. The van der Waals surface area contributed by atoms with E-state index in [1.54, 1.807) is 13.8 Å². The standard InChI is InChI=1S/C22H32O8/c1-15(2)19(23)27-11-7-13-29-21(25)17-9-5-6-10-18(17)22(26)30-14-8-12-28-20(24)16(3)4/h17-18H,1,3,5-14H2,2,4H3. The Kier molecular flexibility index (Phi) is 11.5. The molecule has 168 valence electrons. The minimum atomic E-state index is -0.537. The van der Waals surface area contributed by atoms with Crippen molar-refractivity contribution >= 4 is 23.9 Å². The average molecular weight is 424 g/mol. The van der Waals surface area contributed by atoms with Crippen LogP contribution in [0.3, 0.4) is 0 Å². The molecule has 1 aliphatic carbocycles. The zero-order valence-corrected chi connectivity index (χ0v) is 17.9. The van der Waals surface area contributed by atoms with Gasteiger partial charge in [0.1, 0.15) is 0 Å². The molecule has 2 unspecified atom stereocenters. The van der Waals surface area contributed by atoms with Gasteiger partial charge < -0.3 is 18.9 Å². The molecule has 0 radical (unpaired) electrons. The van der Waals surface area contributed by atoms with Crippen LogP contribution in [0.2, 0.25) is 0 Å². The highest BCUT2D eigenvalue weighted by Gasteiger charge is 2.37. The summed E-state index contributed by atoms with van der Waals surface area (Å²) in [6.07, 6.45) is 3.57. The van der Waals surface area contributed by atoms with E-state index >= 15 is 0 Å². The molecule has 8 nitrogen and oxygen atoms in total. The Bertz CT molecular complexity index is 596. The quantitative estimate of drug-likeness (QED) is 0.204. The normalized spacial score (nSPS) is 18.1. The van der Waals surface area contributed by atoms with Crippen molar-refractivity contribution in [2.24, 2.45) is 11.8 Å². The van der Waals surface area contributed by atoms with E-state index in [2.05, 4.69) is 13.2 Å². The lowest BCUT2D eigenvalue weighted by molar-refractivity contribution is -0.163. The zero-order chi connectivity index (χ0) is 22.5. The Labute approximate surface area is 177 Å². The second-order valence-electron chi connectivity index (χ2n) is 7.37. The number of carbonyl (C=O) groups excluding carboxylic acids is 4. The molecule has 1 saturated carbocycles. The summed E-state index contributed by atoms with van der Waals surface area (Å²) in [5.41, 5.74) is 0.620. The highest BCUT2D eigenvalue weighted by atomic mass is 16.6. The van der Waals surface area contributed by atoms with Gasteiger partial charge in [-0.3, -0.25) is 9.59 Å². The van der Waals surface area contributed by atoms with E-state index in [9.17, 15) is 19.2 Å². The average Bonchev–Trinajstić information content (AvgIpc) is 2.72. The maximum Gasteiger partial charge on any atom is 0.333 e. The van der Waals surface area contributed by atoms with Crippen LogP contribution in [-0.2, 0) is 38.1 Å². The van der Waals surface area contributed by atoms with Gasteiger partial charge in [-0.25, -0.2) is 9.59 Å². The van der Waals surface area contributed by atoms with Crippen LogP contribution in [0.1, 0.15) is 52.4 Å². The highest BCUT2D eigenvalue weighted by molar-refractivity contribution is 5.87. The third-order valence-corrected chi connectivity index (χ3v) is 4.60. The Morgan fingerprint density at radius 2 is 1.00 bits per heavy atom. The molecule has 1 aliphatic rings. The molecule has 1 fully saturated rings. The Balaban J connectivity index is 2.34.